The van der Waals surface area contributed by atoms with Crippen LogP contribution >= 0.6 is 0 Å². The van der Waals surface area contributed by atoms with E-state index in [1.807, 2.05) is 11.7 Å². The van der Waals surface area contributed by atoms with Crippen molar-refractivity contribution in [1.82, 2.24) is 24.9 Å². The number of rotatable bonds is 3. The van der Waals surface area contributed by atoms with Crippen LogP contribution in [0, 0.1) is 6.92 Å². The third kappa shape index (κ3) is 3.40. The summed E-state index contributed by atoms with van der Waals surface area (Å²) in [5.74, 6) is 0.174. The van der Waals surface area contributed by atoms with Gasteiger partial charge in [0.15, 0.2) is 0 Å². The van der Waals surface area contributed by atoms with E-state index in [4.69, 9.17) is 9.84 Å². The molecule has 1 amide bonds. The SMILES string of the molecule is Cc1cc([C@H]2CCCN2C2CC(N3CCOC[C@H]3C)CC(=O)N2)nn1C. The first-order valence-electron chi connectivity index (χ1n) is 9.92. The Morgan fingerprint density at radius 2 is 2.15 bits per heavy atom. The highest BCUT2D eigenvalue weighted by Crippen LogP contribution is 2.35. The molecule has 0 spiro atoms. The lowest BCUT2D eigenvalue weighted by Gasteiger charge is -2.45. The lowest BCUT2D eigenvalue weighted by Crippen LogP contribution is -2.59. The number of carbonyl (C=O) groups is 1. The summed E-state index contributed by atoms with van der Waals surface area (Å²) in [6.45, 7) is 7.78. The molecule has 3 aliphatic heterocycles. The van der Waals surface area contributed by atoms with Crippen LogP contribution < -0.4 is 5.32 Å². The van der Waals surface area contributed by atoms with E-state index in [1.54, 1.807) is 0 Å². The second-order valence-electron chi connectivity index (χ2n) is 8.07. The summed E-state index contributed by atoms with van der Waals surface area (Å²) in [5.41, 5.74) is 2.32. The van der Waals surface area contributed by atoms with Crippen molar-refractivity contribution >= 4 is 5.91 Å². The van der Waals surface area contributed by atoms with E-state index >= 15 is 0 Å². The first kappa shape index (κ1) is 17.9. The molecule has 3 aliphatic rings. The molecule has 3 fully saturated rings. The Hall–Kier alpha value is -1.44. The summed E-state index contributed by atoms with van der Waals surface area (Å²) in [6, 6.07) is 3.18. The van der Waals surface area contributed by atoms with Gasteiger partial charge >= 0.3 is 0 Å². The molecule has 144 valence electrons. The van der Waals surface area contributed by atoms with Crippen molar-refractivity contribution in [2.75, 3.05) is 26.3 Å². The lowest BCUT2D eigenvalue weighted by atomic mass is 9.98. The van der Waals surface area contributed by atoms with Crippen molar-refractivity contribution in [2.24, 2.45) is 7.05 Å². The molecule has 4 heterocycles. The molecule has 4 rings (SSSR count). The number of nitrogens with one attached hydrogen (secondary N) is 1. The normalized spacial score (nSPS) is 34.2. The van der Waals surface area contributed by atoms with Gasteiger partial charge in [-0.05, 0) is 39.2 Å². The topological polar surface area (TPSA) is 62.6 Å². The van der Waals surface area contributed by atoms with Crippen LogP contribution in [-0.4, -0.2) is 70.0 Å². The van der Waals surface area contributed by atoms with Gasteiger partial charge in [0.1, 0.15) is 0 Å². The van der Waals surface area contributed by atoms with Crippen LogP contribution in [0.15, 0.2) is 6.07 Å². The number of likely N-dealkylation sites (tertiary alicyclic amines) is 1. The Labute approximate surface area is 155 Å². The van der Waals surface area contributed by atoms with Gasteiger partial charge in [0.05, 0.1) is 31.1 Å². The van der Waals surface area contributed by atoms with Crippen LogP contribution in [-0.2, 0) is 16.6 Å². The van der Waals surface area contributed by atoms with Crippen molar-refractivity contribution in [3.63, 3.8) is 0 Å². The average molecular weight is 361 g/mol. The van der Waals surface area contributed by atoms with Crippen LogP contribution in [0.2, 0.25) is 0 Å². The number of ether oxygens (including phenoxy) is 1. The van der Waals surface area contributed by atoms with Crippen molar-refractivity contribution in [2.45, 2.75) is 63.8 Å². The van der Waals surface area contributed by atoms with Gasteiger partial charge in [-0.2, -0.15) is 5.10 Å². The minimum absolute atomic E-state index is 0.103. The number of amides is 1. The zero-order valence-corrected chi connectivity index (χ0v) is 16.1. The highest BCUT2D eigenvalue weighted by Gasteiger charge is 2.40. The molecule has 0 saturated carbocycles. The van der Waals surface area contributed by atoms with Crippen LogP contribution in [0.25, 0.3) is 0 Å². The quantitative estimate of drug-likeness (QED) is 0.876. The lowest BCUT2D eigenvalue weighted by molar-refractivity contribution is -0.130. The number of morpholine rings is 1. The Morgan fingerprint density at radius 3 is 2.88 bits per heavy atom. The molecule has 0 aliphatic carbocycles. The van der Waals surface area contributed by atoms with E-state index in [0.29, 0.717) is 24.5 Å². The predicted molar refractivity (Wildman–Crippen MR) is 98.6 cm³/mol. The van der Waals surface area contributed by atoms with E-state index in [1.165, 1.54) is 5.69 Å². The number of carbonyl (C=O) groups excluding carboxylic acids is 1. The molecule has 7 nitrogen and oxygen atoms in total. The number of aromatic nitrogens is 2. The molecule has 4 atom stereocenters. The minimum Gasteiger partial charge on any atom is -0.379 e. The number of hydrogen-bond donors (Lipinski definition) is 1. The third-order valence-corrected chi connectivity index (χ3v) is 6.30. The monoisotopic (exact) mass is 361 g/mol. The van der Waals surface area contributed by atoms with Crippen molar-refractivity contribution in [1.29, 1.82) is 0 Å². The Morgan fingerprint density at radius 1 is 1.31 bits per heavy atom. The second kappa shape index (κ2) is 7.29. The fraction of sp³-hybridized carbons (Fsp3) is 0.789. The van der Waals surface area contributed by atoms with Gasteiger partial charge in [-0.25, -0.2) is 0 Å². The molecule has 1 N–H and O–H groups in total. The number of nitrogens with zero attached hydrogens (tertiary/aromatic N) is 4. The Balaban J connectivity index is 1.51. The molecule has 0 bridgehead atoms. The largest absolute Gasteiger partial charge is 0.379 e. The van der Waals surface area contributed by atoms with Crippen LogP contribution in [0.1, 0.15) is 50.0 Å². The van der Waals surface area contributed by atoms with E-state index in [9.17, 15) is 4.79 Å². The molecule has 2 unspecified atom stereocenters. The predicted octanol–water partition coefficient (Wildman–Crippen LogP) is 1.19. The van der Waals surface area contributed by atoms with Crippen LogP contribution in [0.4, 0.5) is 0 Å². The van der Waals surface area contributed by atoms with E-state index in [0.717, 1.165) is 51.3 Å². The van der Waals surface area contributed by atoms with Gasteiger partial charge in [0.2, 0.25) is 5.91 Å². The van der Waals surface area contributed by atoms with E-state index < -0.39 is 0 Å². The van der Waals surface area contributed by atoms with Crippen molar-refractivity contribution in [3.05, 3.63) is 17.5 Å². The molecule has 7 heteroatoms. The summed E-state index contributed by atoms with van der Waals surface area (Å²) in [7, 11) is 2.00. The Kier molecular flexibility index (Phi) is 5.03. The second-order valence-corrected chi connectivity index (χ2v) is 8.07. The summed E-state index contributed by atoms with van der Waals surface area (Å²) in [6.07, 6.45) is 3.96. The highest BCUT2D eigenvalue weighted by atomic mass is 16.5. The third-order valence-electron chi connectivity index (χ3n) is 6.30. The first-order valence-corrected chi connectivity index (χ1v) is 9.92. The van der Waals surface area contributed by atoms with Gasteiger partial charge in [-0.3, -0.25) is 19.3 Å². The van der Waals surface area contributed by atoms with Crippen LogP contribution in [0.5, 0.6) is 0 Å². The molecule has 0 aromatic carbocycles. The van der Waals surface area contributed by atoms with Gasteiger partial charge < -0.3 is 10.1 Å². The number of piperidine rings is 1. The molecule has 1 aromatic heterocycles. The molecule has 0 radical (unpaired) electrons. The highest BCUT2D eigenvalue weighted by molar-refractivity contribution is 5.77. The van der Waals surface area contributed by atoms with Gasteiger partial charge in [0, 0.05) is 44.3 Å². The smallest absolute Gasteiger partial charge is 0.222 e. The van der Waals surface area contributed by atoms with E-state index in [2.05, 4.69) is 35.0 Å². The fourth-order valence-electron chi connectivity index (χ4n) is 4.84. The zero-order chi connectivity index (χ0) is 18.3. The molecular weight excluding hydrogens is 330 g/mol. The van der Waals surface area contributed by atoms with Gasteiger partial charge in [0.25, 0.3) is 0 Å². The van der Waals surface area contributed by atoms with Gasteiger partial charge in [-0.15, -0.1) is 0 Å². The summed E-state index contributed by atoms with van der Waals surface area (Å²) in [4.78, 5) is 17.4. The minimum atomic E-state index is 0.103. The maximum Gasteiger partial charge on any atom is 0.222 e. The standard InChI is InChI=1S/C19H31N5O2/c1-13-9-16(21-22(13)3)17-5-4-6-24(17)18-10-15(11-19(25)20-18)23-7-8-26-12-14(23)2/h9,14-15,17-18H,4-8,10-12H2,1-3H3,(H,20,25)/t14-,15?,17-,18?/m1/s1. The van der Waals surface area contributed by atoms with E-state index in [-0.39, 0.29) is 12.1 Å². The van der Waals surface area contributed by atoms with Gasteiger partial charge in [-0.1, -0.05) is 0 Å². The maximum absolute atomic E-state index is 12.5. The maximum atomic E-state index is 12.5. The Bertz CT molecular complexity index is 641. The zero-order valence-electron chi connectivity index (χ0n) is 16.1. The summed E-state index contributed by atoms with van der Waals surface area (Å²) in [5, 5.41) is 7.97. The number of hydrogen-bond acceptors (Lipinski definition) is 5. The summed E-state index contributed by atoms with van der Waals surface area (Å²) >= 11 is 0. The van der Waals surface area contributed by atoms with Crippen molar-refractivity contribution in [3.8, 4) is 0 Å². The molecular formula is C19H31N5O2. The van der Waals surface area contributed by atoms with Crippen LogP contribution in [0.3, 0.4) is 0 Å². The van der Waals surface area contributed by atoms with Crippen molar-refractivity contribution < 1.29 is 9.53 Å². The molecule has 1 aromatic rings. The fourth-order valence-corrected chi connectivity index (χ4v) is 4.84. The molecule has 3 saturated heterocycles. The average Bonchev–Trinajstić information content (AvgIpc) is 3.22. The molecule has 26 heavy (non-hydrogen) atoms. The summed E-state index contributed by atoms with van der Waals surface area (Å²) < 4.78 is 7.53. The number of aryl methyl sites for hydroxylation is 2. The first-order chi connectivity index (χ1) is 12.5.